The number of nitrogens with one attached hydrogen (secondary N) is 1. The maximum atomic E-state index is 13.1. The summed E-state index contributed by atoms with van der Waals surface area (Å²) in [6.07, 6.45) is 0.649. The van der Waals surface area contributed by atoms with Crippen molar-refractivity contribution in [3.05, 3.63) is 71.2 Å². The number of rotatable bonds is 8. The summed E-state index contributed by atoms with van der Waals surface area (Å²) in [4.78, 5) is 32.3. The molecular formula is C24H25N3O3S2. The Morgan fingerprint density at radius 1 is 1.16 bits per heavy atom. The van der Waals surface area contributed by atoms with Gasteiger partial charge in [0.1, 0.15) is 16.8 Å². The van der Waals surface area contributed by atoms with E-state index in [4.69, 9.17) is 4.74 Å². The van der Waals surface area contributed by atoms with E-state index in [0.29, 0.717) is 42.5 Å². The van der Waals surface area contributed by atoms with Gasteiger partial charge in [0.25, 0.3) is 5.91 Å². The van der Waals surface area contributed by atoms with Gasteiger partial charge in [-0.15, -0.1) is 23.1 Å². The lowest BCUT2D eigenvalue weighted by Crippen LogP contribution is -2.47. The first-order chi connectivity index (χ1) is 15.7. The number of aromatic nitrogens is 1. The first kappa shape index (κ1) is 22.4. The van der Waals surface area contributed by atoms with E-state index in [2.05, 4.69) is 10.3 Å². The first-order valence-electron chi connectivity index (χ1n) is 10.6. The van der Waals surface area contributed by atoms with Crippen LogP contribution in [-0.4, -0.2) is 52.5 Å². The molecule has 4 rings (SSSR count). The summed E-state index contributed by atoms with van der Waals surface area (Å²) >= 11 is 3.19. The zero-order valence-electron chi connectivity index (χ0n) is 17.8. The Morgan fingerprint density at radius 3 is 2.75 bits per heavy atom. The largest absolute Gasteiger partial charge is 0.493 e. The van der Waals surface area contributed by atoms with Crippen LogP contribution in [0.15, 0.2) is 60.0 Å². The van der Waals surface area contributed by atoms with Gasteiger partial charge >= 0.3 is 0 Å². The Kier molecular flexibility index (Phi) is 7.44. The van der Waals surface area contributed by atoms with Crippen LogP contribution in [0.3, 0.4) is 0 Å². The molecule has 0 unspecified atom stereocenters. The van der Waals surface area contributed by atoms with Crippen molar-refractivity contribution in [1.82, 2.24) is 15.2 Å². The third-order valence-electron chi connectivity index (χ3n) is 5.12. The van der Waals surface area contributed by atoms with Crippen molar-refractivity contribution in [2.75, 3.05) is 24.8 Å². The summed E-state index contributed by atoms with van der Waals surface area (Å²) in [7, 11) is 0. The summed E-state index contributed by atoms with van der Waals surface area (Å²) < 4.78 is 5.60. The fraction of sp³-hybridized carbons (Fsp3) is 0.292. The number of hydrogen-bond acceptors (Lipinski definition) is 6. The van der Waals surface area contributed by atoms with Crippen LogP contribution in [-0.2, 0) is 11.2 Å². The standard InChI is InChI=1S/C24H25N3O3S2/c1-2-30-21-11-7-6-10-19(21)24(29)27-16-31-15-20(27)22(28)25-13-12-18-14-32-23(26-18)17-8-4-3-5-9-17/h3-11,14,20H,2,12-13,15-16H2,1H3,(H,25,28)/t20-/m1/s1. The average Bonchev–Trinajstić information content (AvgIpc) is 3.50. The minimum Gasteiger partial charge on any atom is -0.493 e. The third kappa shape index (κ3) is 5.14. The maximum absolute atomic E-state index is 13.1. The number of carbonyl (C=O) groups is 2. The molecular weight excluding hydrogens is 442 g/mol. The van der Waals surface area contributed by atoms with Crippen LogP contribution in [0.1, 0.15) is 23.0 Å². The van der Waals surface area contributed by atoms with Gasteiger partial charge in [0, 0.05) is 29.7 Å². The van der Waals surface area contributed by atoms with Gasteiger partial charge in [0.05, 0.1) is 23.7 Å². The monoisotopic (exact) mass is 467 g/mol. The second kappa shape index (κ2) is 10.7. The van der Waals surface area contributed by atoms with Crippen molar-refractivity contribution in [1.29, 1.82) is 0 Å². The van der Waals surface area contributed by atoms with Crippen molar-refractivity contribution in [2.45, 2.75) is 19.4 Å². The molecule has 1 N–H and O–H groups in total. The van der Waals surface area contributed by atoms with Crippen LogP contribution in [0, 0.1) is 0 Å². The van der Waals surface area contributed by atoms with E-state index >= 15 is 0 Å². The van der Waals surface area contributed by atoms with Crippen LogP contribution in [0.2, 0.25) is 0 Å². The second-order valence-corrected chi connectivity index (χ2v) is 9.13. The molecule has 32 heavy (non-hydrogen) atoms. The Morgan fingerprint density at radius 2 is 1.94 bits per heavy atom. The minimum atomic E-state index is -0.488. The SMILES string of the molecule is CCOc1ccccc1C(=O)N1CSC[C@@H]1C(=O)NCCc1csc(-c2ccccc2)n1. The molecule has 1 aromatic heterocycles. The van der Waals surface area contributed by atoms with E-state index in [1.807, 2.05) is 54.8 Å². The van der Waals surface area contributed by atoms with E-state index < -0.39 is 6.04 Å². The molecule has 8 heteroatoms. The normalized spacial score (nSPS) is 15.5. The number of hydrogen-bond donors (Lipinski definition) is 1. The molecule has 1 atom stereocenters. The predicted molar refractivity (Wildman–Crippen MR) is 129 cm³/mol. The Bertz CT molecular complexity index is 1070. The van der Waals surface area contributed by atoms with Crippen molar-refractivity contribution < 1.29 is 14.3 Å². The molecule has 1 saturated heterocycles. The average molecular weight is 468 g/mol. The number of carbonyl (C=O) groups excluding carboxylic acids is 2. The second-order valence-electron chi connectivity index (χ2n) is 7.27. The lowest BCUT2D eigenvalue weighted by atomic mass is 10.1. The highest BCUT2D eigenvalue weighted by Crippen LogP contribution is 2.27. The van der Waals surface area contributed by atoms with Crippen molar-refractivity contribution in [3.8, 4) is 16.3 Å². The summed E-state index contributed by atoms with van der Waals surface area (Å²) in [5.74, 6) is 1.32. The molecule has 2 amide bonds. The number of thioether (sulfide) groups is 1. The number of nitrogens with zero attached hydrogens (tertiary/aromatic N) is 2. The van der Waals surface area contributed by atoms with Gasteiger partial charge < -0.3 is 15.0 Å². The minimum absolute atomic E-state index is 0.129. The van der Waals surface area contributed by atoms with Crippen LogP contribution < -0.4 is 10.1 Å². The molecule has 6 nitrogen and oxygen atoms in total. The van der Waals surface area contributed by atoms with Gasteiger partial charge in [-0.3, -0.25) is 9.59 Å². The van der Waals surface area contributed by atoms with Crippen molar-refractivity contribution in [2.24, 2.45) is 0 Å². The number of benzene rings is 2. The summed E-state index contributed by atoms with van der Waals surface area (Å²) in [6, 6.07) is 16.7. The van der Waals surface area contributed by atoms with E-state index in [-0.39, 0.29) is 11.8 Å². The zero-order chi connectivity index (χ0) is 22.3. The molecule has 2 heterocycles. The predicted octanol–water partition coefficient (Wildman–Crippen LogP) is 4.08. The van der Waals surface area contributed by atoms with Gasteiger partial charge in [-0.1, -0.05) is 42.5 Å². The number of thiazole rings is 1. The van der Waals surface area contributed by atoms with Crippen LogP contribution in [0.25, 0.3) is 10.6 Å². The van der Waals surface area contributed by atoms with Crippen molar-refractivity contribution >= 4 is 34.9 Å². The van der Waals surface area contributed by atoms with Gasteiger partial charge in [0.15, 0.2) is 0 Å². The molecule has 0 radical (unpaired) electrons. The molecule has 0 saturated carbocycles. The smallest absolute Gasteiger partial charge is 0.259 e. The molecule has 166 valence electrons. The molecule has 1 fully saturated rings. The first-order valence-corrected chi connectivity index (χ1v) is 12.6. The van der Waals surface area contributed by atoms with Crippen molar-refractivity contribution in [3.63, 3.8) is 0 Å². The highest BCUT2D eigenvalue weighted by atomic mass is 32.2. The Balaban J connectivity index is 1.34. The van der Waals surface area contributed by atoms with E-state index in [1.165, 1.54) is 0 Å². The lowest BCUT2D eigenvalue weighted by Gasteiger charge is -2.24. The lowest BCUT2D eigenvalue weighted by molar-refractivity contribution is -0.124. The quantitative estimate of drug-likeness (QED) is 0.540. The van der Waals surface area contributed by atoms with Crippen LogP contribution >= 0.6 is 23.1 Å². The van der Waals surface area contributed by atoms with Crippen LogP contribution in [0.4, 0.5) is 0 Å². The van der Waals surface area contributed by atoms with E-state index in [9.17, 15) is 9.59 Å². The number of para-hydroxylation sites is 1. The summed E-state index contributed by atoms with van der Waals surface area (Å²) in [5, 5.41) is 5.99. The molecule has 1 aliphatic rings. The Labute approximate surface area is 196 Å². The zero-order valence-corrected chi connectivity index (χ0v) is 19.5. The van der Waals surface area contributed by atoms with Crippen LogP contribution in [0.5, 0.6) is 5.75 Å². The molecule has 0 spiro atoms. The van der Waals surface area contributed by atoms with E-state index in [0.717, 1.165) is 16.3 Å². The third-order valence-corrected chi connectivity index (χ3v) is 7.07. The molecule has 1 aliphatic heterocycles. The maximum Gasteiger partial charge on any atom is 0.259 e. The van der Waals surface area contributed by atoms with Gasteiger partial charge in [-0.25, -0.2) is 4.98 Å². The molecule has 0 bridgehead atoms. The molecule has 2 aromatic carbocycles. The highest BCUT2D eigenvalue weighted by Gasteiger charge is 2.35. The highest BCUT2D eigenvalue weighted by molar-refractivity contribution is 7.99. The summed E-state index contributed by atoms with van der Waals surface area (Å²) in [6.45, 7) is 2.84. The van der Waals surface area contributed by atoms with Gasteiger partial charge in [-0.05, 0) is 19.1 Å². The summed E-state index contributed by atoms with van der Waals surface area (Å²) in [5.41, 5.74) is 2.54. The molecule has 3 aromatic rings. The Hall–Kier alpha value is -2.84. The van der Waals surface area contributed by atoms with E-state index in [1.54, 1.807) is 40.1 Å². The fourth-order valence-electron chi connectivity index (χ4n) is 3.51. The topological polar surface area (TPSA) is 71.5 Å². The van der Waals surface area contributed by atoms with Gasteiger partial charge in [0.2, 0.25) is 5.91 Å². The number of ether oxygens (including phenoxy) is 1. The van der Waals surface area contributed by atoms with Gasteiger partial charge in [-0.2, -0.15) is 0 Å². The fourth-order valence-corrected chi connectivity index (χ4v) is 5.52. The molecule has 0 aliphatic carbocycles. The number of amides is 2.